The molecule has 0 aromatic rings. The molecule has 2 aliphatic rings. The summed E-state index contributed by atoms with van der Waals surface area (Å²) < 4.78 is 22.9. The first-order chi connectivity index (χ1) is 6.99. The van der Waals surface area contributed by atoms with E-state index in [0.29, 0.717) is 6.04 Å². The van der Waals surface area contributed by atoms with Gasteiger partial charge in [-0.3, -0.25) is 4.90 Å². The Kier molecular flexibility index (Phi) is 3.30. The third-order valence-corrected chi connectivity index (χ3v) is 6.26. The molecule has 0 aromatic carbocycles. The molecule has 2 N–H and O–H groups in total. The highest BCUT2D eigenvalue weighted by Crippen LogP contribution is 2.26. The van der Waals surface area contributed by atoms with E-state index < -0.39 is 9.84 Å². The summed E-state index contributed by atoms with van der Waals surface area (Å²) in [6, 6.07) is 0.337. The van der Waals surface area contributed by atoms with Crippen LogP contribution in [0.3, 0.4) is 0 Å². The Hall–Kier alpha value is 0.220. The molecule has 3 unspecified atom stereocenters. The number of nitrogens with two attached hydrogens (primary N) is 1. The lowest BCUT2D eigenvalue weighted by molar-refractivity contribution is 0.190. The Morgan fingerprint density at radius 2 is 2.13 bits per heavy atom. The van der Waals surface area contributed by atoms with Crippen molar-refractivity contribution < 1.29 is 8.42 Å². The average Bonchev–Trinajstić information content (AvgIpc) is 2.71. The van der Waals surface area contributed by atoms with Crippen LogP contribution in [0.5, 0.6) is 0 Å². The number of nitrogens with zero attached hydrogens (tertiary/aromatic N) is 1. The van der Waals surface area contributed by atoms with Crippen LogP contribution < -0.4 is 5.73 Å². The van der Waals surface area contributed by atoms with Crippen LogP contribution in [-0.4, -0.2) is 61.5 Å². The van der Waals surface area contributed by atoms with Crippen LogP contribution in [0.2, 0.25) is 0 Å². The van der Waals surface area contributed by atoms with E-state index in [2.05, 4.69) is 4.90 Å². The third-order valence-electron chi connectivity index (χ3n) is 3.37. The molecule has 6 heteroatoms. The van der Waals surface area contributed by atoms with Crippen molar-refractivity contribution in [3.63, 3.8) is 0 Å². The number of likely N-dealkylation sites (N-methyl/N-ethyl adjacent to an activating group) is 1. The van der Waals surface area contributed by atoms with Crippen LogP contribution in [0.15, 0.2) is 0 Å². The fraction of sp³-hybridized carbons (Fsp3) is 1.00. The minimum atomic E-state index is -2.89. The summed E-state index contributed by atoms with van der Waals surface area (Å²) in [4.78, 5) is 2.19. The van der Waals surface area contributed by atoms with E-state index >= 15 is 0 Å². The highest BCUT2D eigenvalue weighted by Gasteiger charge is 2.40. The molecule has 3 atom stereocenters. The van der Waals surface area contributed by atoms with E-state index in [0.717, 1.165) is 12.2 Å². The quantitative estimate of drug-likeness (QED) is 0.719. The molecule has 2 saturated heterocycles. The van der Waals surface area contributed by atoms with Gasteiger partial charge in [-0.2, -0.15) is 11.8 Å². The van der Waals surface area contributed by atoms with Gasteiger partial charge in [-0.1, -0.05) is 0 Å². The van der Waals surface area contributed by atoms with Gasteiger partial charge in [-0.05, 0) is 19.2 Å². The highest BCUT2D eigenvalue weighted by molar-refractivity contribution is 7.99. The number of thioether (sulfide) groups is 1. The van der Waals surface area contributed by atoms with Gasteiger partial charge >= 0.3 is 0 Å². The maximum Gasteiger partial charge on any atom is 0.153 e. The zero-order chi connectivity index (χ0) is 11.1. The third kappa shape index (κ3) is 2.49. The van der Waals surface area contributed by atoms with Crippen molar-refractivity contribution in [2.24, 2.45) is 5.73 Å². The highest BCUT2D eigenvalue weighted by atomic mass is 32.2. The predicted molar refractivity (Wildman–Crippen MR) is 63.9 cm³/mol. The lowest BCUT2D eigenvalue weighted by Gasteiger charge is -2.31. The Morgan fingerprint density at radius 3 is 2.60 bits per heavy atom. The minimum absolute atomic E-state index is 0.0266. The predicted octanol–water partition coefficient (Wildman–Crippen LogP) is -0.452. The molecule has 0 aromatic heterocycles. The molecule has 88 valence electrons. The Morgan fingerprint density at radius 1 is 1.40 bits per heavy atom. The average molecular weight is 250 g/mol. The summed E-state index contributed by atoms with van der Waals surface area (Å²) >= 11 is 1.94. The number of hydrogen-bond donors (Lipinski definition) is 1. The van der Waals surface area contributed by atoms with Gasteiger partial charge in [-0.15, -0.1) is 0 Å². The van der Waals surface area contributed by atoms with Gasteiger partial charge < -0.3 is 5.73 Å². The zero-order valence-electron chi connectivity index (χ0n) is 8.93. The first kappa shape index (κ1) is 11.7. The van der Waals surface area contributed by atoms with Gasteiger partial charge in [0.05, 0.1) is 11.5 Å². The second-order valence-electron chi connectivity index (χ2n) is 4.49. The van der Waals surface area contributed by atoms with Crippen LogP contribution in [0, 0.1) is 0 Å². The fourth-order valence-corrected chi connectivity index (χ4v) is 5.62. The summed E-state index contributed by atoms with van der Waals surface area (Å²) in [7, 11) is -0.877. The molecule has 0 aliphatic carbocycles. The minimum Gasteiger partial charge on any atom is -0.325 e. The topological polar surface area (TPSA) is 63.4 Å². The molecule has 0 saturated carbocycles. The van der Waals surface area contributed by atoms with Gasteiger partial charge in [-0.25, -0.2) is 8.42 Å². The number of sulfone groups is 1. The summed E-state index contributed by atoms with van der Waals surface area (Å²) in [6.07, 6.45) is 1.16. The lowest BCUT2D eigenvalue weighted by atomic mass is 10.1. The molecule has 0 amide bonds. The maximum absolute atomic E-state index is 11.5. The summed E-state index contributed by atoms with van der Waals surface area (Å²) in [6.45, 7) is 0. The largest absolute Gasteiger partial charge is 0.325 e. The molecule has 0 spiro atoms. The van der Waals surface area contributed by atoms with Crippen LogP contribution in [0.1, 0.15) is 6.42 Å². The molecule has 0 bridgehead atoms. The molecular weight excluding hydrogens is 232 g/mol. The van der Waals surface area contributed by atoms with E-state index in [1.165, 1.54) is 5.75 Å². The first-order valence-corrected chi connectivity index (χ1v) is 8.23. The lowest BCUT2D eigenvalue weighted by Crippen LogP contribution is -2.49. The standard InChI is InChI=1S/C9H18N2O2S2/c1-11(7-2-3-14-4-7)9-6-15(12,13)5-8(9)10/h7-9H,2-6,10H2,1H3. The summed E-state index contributed by atoms with van der Waals surface area (Å²) in [5.41, 5.74) is 5.90. The van der Waals surface area contributed by atoms with Gasteiger partial charge in [0.1, 0.15) is 0 Å². The smallest absolute Gasteiger partial charge is 0.153 e. The van der Waals surface area contributed by atoms with E-state index in [9.17, 15) is 8.42 Å². The van der Waals surface area contributed by atoms with Crippen molar-refractivity contribution in [1.29, 1.82) is 0 Å². The van der Waals surface area contributed by atoms with E-state index in [1.54, 1.807) is 0 Å². The Labute approximate surface area is 95.5 Å². The second-order valence-corrected chi connectivity index (χ2v) is 7.79. The number of rotatable bonds is 2. The number of hydrogen-bond acceptors (Lipinski definition) is 5. The van der Waals surface area contributed by atoms with Crippen LogP contribution in [0.25, 0.3) is 0 Å². The van der Waals surface area contributed by atoms with Crippen molar-refractivity contribution >= 4 is 21.6 Å². The SMILES string of the molecule is CN(C1CCSC1)C1CS(=O)(=O)CC1N. The molecule has 2 heterocycles. The molecule has 2 rings (SSSR count). The van der Waals surface area contributed by atoms with Gasteiger partial charge in [0.2, 0.25) is 0 Å². The van der Waals surface area contributed by atoms with Crippen molar-refractivity contribution in [3.05, 3.63) is 0 Å². The second kappa shape index (κ2) is 4.24. The Bertz CT molecular complexity index is 325. The van der Waals surface area contributed by atoms with Crippen LogP contribution in [-0.2, 0) is 9.84 Å². The molecule has 2 fully saturated rings. The molecule has 4 nitrogen and oxygen atoms in total. The first-order valence-electron chi connectivity index (χ1n) is 5.25. The van der Waals surface area contributed by atoms with E-state index in [4.69, 9.17) is 5.73 Å². The Balaban J connectivity index is 2.04. The van der Waals surface area contributed by atoms with Crippen molar-refractivity contribution in [2.75, 3.05) is 30.1 Å². The van der Waals surface area contributed by atoms with Crippen molar-refractivity contribution in [3.8, 4) is 0 Å². The molecular formula is C9H18N2O2S2. The monoisotopic (exact) mass is 250 g/mol. The maximum atomic E-state index is 11.5. The van der Waals surface area contributed by atoms with Gasteiger partial charge in [0, 0.05) is 23.9 Å². The van der Waals surface area contributed by atoms with Crippen LogP contribution >= 0.6 is 11.8 Å². The van der Waals surface area contributed by atoms with Gasteiger partial charge in [0.15, 0.2) is 9.84 Å². The molecule has 2 aliphatic heterocycles. The zero-order valence-corrected chi connectivity index (χ0v) is 10.6. The van der Waals surface area contributed by atoms with Crippen molar-refractivity contribution in [2.45, 2.75) is 24.5 Å². The fourth-order valence-electron chi connectivity index (χ4n) is 2.39. The molecule has 15 heavy (non-hydrogen) atoms. The normalized spacial score (nSPS) is 40.1. The molecule has 0 radical (unpaired) electrons. The van der Waals surface area contributed by atoms with E-state index in [-0.39, 0.29) is 23.6 Å². The van der Waals surface area contributed by atoms with Gasteiger partial charge in [0.25, 0.3) is 0 Å². The van der Waals surface area contributed by atoms with E-state index in [1.807, 2.05) is 18.8 Å². The summed E-state index contributed by atoms with van der Waals surface area (Å²) in [5.74, 6) is 2.69. The summed E-state index contributed by atoms with van der Waals surface area (Å²) in [5, 5.41) is 0. The van der Waals surface area contributed by atoms with Crippen LogP contribution in [0.4, 0.5) is 0 Å². The van der Waals surface area contributed by atoms with Crippen molar-refractivity contribution in [1.82, 2.24) is 4.90 Å².